The third-order valence-electron chi connectivity index (χ3n) is 7.17. The normalized spacial score (nSPS) is 14.4. The number of imidazole rings is 1. The van der Waals surface area contributed by atoms with E-state index >= 15 is 0 Å². The first kappa shape index (κ1) is 24.1. The third kappa shape index (κ3) is 4.73. The summed E-state index contributed by atoms with van der Waals surface area (Å²) in [6, 6.07) is 14.6. The molecule has 2 aromatic carbocycles. The van der Waals surface area contributed by atoms with E-state index in [0.717, 1.165) is 79.9 Å². The average Bonchev–Trinajstić information content (AvgIpc) is 3.30. The fraction of sp³-hybridized carbons (Fsp3) is 0.393. The van der Waals surface area contributed by atoms with Crippen molar-refractivity contribution in [2.45, 2.75) is 27.2 Å². The van der Waals surface area contributed by atoms with Crippen molar-refractivity contribution in [3.05, 3.63) is 65.7 Å². The van der Waals surface area contributed by atoms with Crippen molar-refractivity contribution in [3.63, 3.8) is 0 Å². The van der Waals surface area contributed by atoms with E-state index in [1.807, 2.05) is 24.3 Å². The molecule has 1 aliphatic heterocycles. The SMILES string of the molecule is CCc1nc2c(NCCN3CCN(c4cccc(C)c4C)CC3)ncnc2n1-c1ccc(OC)cc1. The second-order valence-electron chi connectivity index (χ2n) is 9.28. The molecule has 0 atom stereocenters. The first-order chi connectivity index (χ1) is 17.6. The summed E-state index contributed by atoms with van der Waals surface area (Å²) in [5.41, 5.74) is 6.76. The Morgan fingerprint density at radius 2 is 1.75 bits per heavy atom. The van der Waals surface area contributed by atoms with Gasteiger partial charge in [0.2, 0.25) is 0 Å². The van der Waals surface area contributed by atoms with Crippen molar-refractivity contribution in [2.24, 2.45) is 0 Å². The number of rotatable bonds is 8. The number of ether oxygens (including phenoxy) is 1. The number of anilines is 2. The van der Waals surface area contributed by atoms with Gasteiger partial charge in [-0.3, -0.25) is 9.47 Å². The van der Waals surface area contributed by atoms with Gasteiger partial charge in [-0.1, -0.05) is 19.1 Å². The maximum atomic E-state index is 5.32. The van der Waals surface area contributed by atoms with Crippen molar-refractivity contribution in [1.29, 1.82) is 0 Å². The topological polar surface area (TPSA) is 71.3 Å². The highest BCUT2D eigenvalue weighted by Crippen LogP contribution is 2.26. The van der Waals surface area contributed by atoms with Crippen LogP contribution in [0, 0.1) is 13.8 Å². The summed E-state index contributed by atoms with van der Waals surface area (Å²) in [5.74, 6) is 2.57. The summed E-state index contributed by atoms with van der Waals surface area (Å²) in [6.07, 6.45) is 2.42. The molecular formula is C28H35N7O. The molecule has 8 nitrogen and oxygen atoms in total. The Morgan fingerprint density at radius 1 is 0.972 bits per heavy atom. The molecule has 0 bridgehead atoms. The van der Waals surface area contributed by atoms with E-state index < -0.39 is 0 Å². The van der Waals surface area contributed by atoms with Gasteiger partial charge in [0.15, 0.2) is 17.0 Å². The Morgan fingerprint density at radius 3 is 2.47 bits per heavy atom. The van der Waals surface area contributed by atoms with Gasteiger partial charge in [-0.15, -0.1) is 0 Å². The van der Waals surface area contributed by atoms with Crippen LogP contribution in [0.25, 0.3) is 16.9 Å². The molecule has 2 aromatic heterocycles. The third-order valence-corrected chi connectivity index (χ3v) is 7.17. The number of piperazine rings is 1. The second-order valence-corrected chi connectivity index (χ2v) is 9.28. The van der Waals surface area contributed by atoms with Gasteiger partial charge >= 0.3 is 0 Å². The van der Waals surface area contributed by atoms with Crippen molar-refractivity contribution in [1.82, 2.24) is 24.4 Å². The van der Waals surface area contributed by atoms with Crippen LogP contribution >= 0.6 is 0 Å². The molecule has 0 saturated carbocycles. The van der Waals surface area contributed by atoms with E-state index in [-0.39, 0.29) is 0 Å². The lowest BCUT2D eigenvalue weighted by Crippen LogP contribution is -2.47. The van der Waals surface area contributed by atoms with Crippen LogP contribution in [0.4, 0.5) is 11.5 Å². The standard InChI is InChI=1S/C28H35N7O/c1-5-25-32-26-27(30-19-31-28(26)35(25)22-9-11-23(36-4)12-10-22)29-13-14-33-15-17-34(18-16-33)24-8-6-7-20(2)21(24)3/h6-12,19H,5,13-18H2,1-4H3,(H,29,30,31). The Balaban J connectivity index is 1.24. The lowest BCUT2D eigenvalue weighted by molar-refractivity contribution is 0.267. The molecule has 0 unspecified atom stereocenters. The Bertz CT molecular complexity index is 1320. The zero-order chi connectivity index (χ0) is 25.1. The molecule has 1 aliphatic rings. The molecule has 1 fully saturated rings. The van der Waals surface area contributed by atoms with E-state index in [4.69, 9.17) is 9.72 Å². The monoisotopic (exact) mass is 485 g/mol. The zero-order valence-electron chi connectivity index (χ0n) is 21.7. The van der Waals surface area contributed by atoms with E-state index in [1.54, 1.807) is 13.4 Å². The molecule has 0 aliphatic carbocycles. The van der Waals surface area contributed by atoms with Crippen molar-refractivity contribution < 1.29 is 4.74 Å². The van der Waals surface area contributed by atoms with Gasteiger partial charge in [-0.2, -0.15) is 0 Å². The second kappa shape index (κ2) is 10.5. The molecule has 5 rings (SSSR count). The van der Waals surface area contributed by atoms with E-state index in [9.17, 15) is 0 Å². The van der Waals surface area contributed by atoms with Crippen molar-refractivity contribution in [3.8, 4) is 11.4 Å². The molecular weight excluding hydrogens is 450 g/mol. The summed E-state index contributed by atoms with van der Waals surface area (Å²) >= 11 is 0. The van der Waals surface area contributed by atoms with Crippen LogP contribution in [0.5, 0.6) is 5.75 Å². The number of benzene rings is 2. The molecule has 36 heavy (non-hydrogen) atoms. The fourth-order valence-electron chi connectivity index (χ4n) is 4.93. The summed E-state index contributed by atoms with van der Waals surface area (Å²) in [7, 11) is 1.68. The van der Waals surface area contributed by atoms with Crippen molar-refractivity contribution in [2.75, 3.05) is 56.6 Å². The molecule has 188 valence electrons. The van der Waals surface area contributed by atoms with E-state index in [2.05, 4.69) is 68.6 Å². The summed E-state index contributed by atoms with van der Waals surface area (Å²) in [6.45, 7) is 12.5. The molecule has 0 amide bonds. The maximum Gasteiger partial charge on any atom is 0.170 e. The number of hydrogen-bond donors (Lipinski definition) is 1. The summed E-state index contributed by atoms with van der Waals surface area (Å²) in [4.78, 5) is 19.0. The van der Waals surface area contributed by atoms with Gasteiger partial charge in [-0.25, -0.2) is 15.0 Å². The number of aromatic nitrogens is 4. The van der Waals surface area contributed by atoms with Gasteiger partial charge in [0.05, 0.1) is 7.11 Å². The van der Waals surface area contributed by atoms with Gasteiger partial charge in [-0.05, 0) is 55.3 Å². The summed E-state index contributed by atoms with van der Waals surface area (Å²) < 4.78 is 7.42. The Kier molecular flexibility index (Phi) is 7.04. The van der Waals surface area contributed by atoms with Crippen LogP contribution in [0.1, 0.15) is 23.9 Å². The predicted molar refractivity (Wildman–Crippen MR) is 146 cm³/mol. The minimum absolute atomic E-state index is 0.788. The van der Waals surface area contributed by atoms with Crippen LogP contribution in [0.3, 0.4) is 0 Å². The number of nitrogens with one attached hydrogen (secondary N) is 1. The van der Waals surface area contributed by atoms with Crippen LogP contribution in [-0.2, 0) is 6.42 Å². The largest absolute Gasteiger partial charge is 0.497 e. The Hall–Kier alpha value is -3.65. The number of aryl methyl sites for hydroxylation is 2. The first-order valence-corrected chi connectivity index (χ1v) is 12.7. The molecule has 3 heterocycles. The van der Waals surface area contributed by atoms with E-state index in [0.29, 0.717) is 0 Å². The molecule has 1 N–H and O–H groups in total. The zero-order valence-corrected chi connectivity index (χ0v) is 21.7. The van der Waals surface area contributed by atoms with E-state index in [1.165, 1.54) is 16.8 Å². The number of nitrogens with zero attached hydrogens (tertiary/aromatic N) is 6. The minimum atomic E-state index is 0.788. The van der Waals surface area contributed by atoms with Gasteiger partial charge in [0.1, 0.15) is 17.9 Å². The highest BCUT2D eigenvalue weighted by molar-refractivity contribution is 5.84. The number of fused-ring (bicyclic) bond motifs is 1. The Labute approximate surface area is 212 Å². The maximum absolute atomic E-state index is 5.32. The molecule has 0 spiro atoms. The van der Waals surface area contributed by atoms with Gasteiger partial charge in [0.25, 0.3) is 0 Å². The first-order valence-electron chi connectivity index (χ1n) is 12.7. The quantitative estimate of drug-likeness (QED) is 0.400. The van der Waals surface area contributed by atoms with Crippen LogP contribution < -0.4 is 15.0 Å². The summed E-state index contributed by atoms with van der Waals surface area (Å²) in [5, 5.41) is 3.53. The molecule has 4 aromatic rings. The number of hydrogen-bond acceptors (Lipinski definition) is 7. The van der Waals surface area contributed by atoms with Crippen LogP contribution in [0.2, 0.25) is 0 Å². The average molecular weight is 486 g/mol. The predicted octanol–water partition coefficient (Wildman–Crippen LogP) is 4.24. The molecule has 0 radical (unpaired) electrons. The lowest BCUT2D eigenvalue weighted by atomic mass is 10.1. The highest BCUT2D eigenvalue weighted by Gasteiger charge is 2.20. The van der Waals surface area contributed by atoms with Gasteiger partial charge < -0.3 is 15.0 Å². The molecule has 1 saturated heterocycles. The van der Waals surface area contributed by atoms with Gasteiger partial charge in [0, 0.05) is 57.1 Å². The van der Waals surface area contributed by atoms with Crippen molar-refractivity contribution >= 4 is 22.7 Å². The lowest BCUT2D eigenvalue weighted by Gasteiger charge is -2.37. The molecule has 8 heteroatoms. The number of methoxy groups -OCH3 is 1. The highest BCUT2D eigenvalue weighted by atomic mass is 16.5. The van der Waals surface area contributed by atoms with Crippen LogP contribution in [-0.4, -0.2) is 70.8 Å². The minimum Gasteiger partial charge on any atom is -0.497 e. The van der Waals surface area contributed by atoms with Crippen LogP contribution in [0.15, 0.2) is 48.8 Å². The fourth-order valence-corrected chi connectivity index (χ4v) is 4.93. The smallest absolute Gasteiger partial charge is 0.170 e.